The number of fused-ring (bicyclic) bond motifs is 8. The Kier molecular flexibility index (Phi) is 4.36. The van der Waals surface area contributed by atoms with Gasteiger partial charge in [-0.1, -0.05) is 103 Å². The van der Waals surface area contributed by atoms with E-state index in [2.05, 4.69) is 109 Å². The lowest BCUT2D eigenvalue weighted by molar-refractivity contribution is 0.618. The van der Waals surface area contributed by atoms with E-state index in [-0.39, 0.29) is 0 Å². The summed E-state index contributed by atoms with van der Waals surface area (Å²) in [5.41, 5.74) is 7.33. The maximum Gasteiger partial charge on any atom is 0.147 e. The van der Waals surface area contributed by atoms with Crippen LogP contribution in [0, 0.1) is 0 Å². The summed E-state index contributed by atoms with van der Waals surface area (Å²) in [6, 6.07) is 45.4. The van der Waals surface area contributed by atoms with Crippen LogP contribution >= 0.6 is 0 Å². The molecule has 0 bridgehead atoms. The van der Waals surface area contributed by atoms with E-state index >= 15 is 0 Å². The van der Waals surface area contributed by atoms with Crippen LogP contribution in [0.5, 0.6) is 0 Å². The van der Waals surface area contributed by atoms with Gasteiger partial charge in [-0.3, -0.25) is 0 Å². The Morgan fingerprint density at radius 1 is 0.425 bits per heavy atom. The second-order valence-corrected chi connectivity index (χ2v) is 10.5. The van der Waals surface area contributed by atoms with E-state index in [1.807, 2.05) is 18.2 Å². The predicted molar refractivity (Wildman–Crippen MR) is 167 cm³/mol. The summed E-state index contributed by atoms with van der Waals surface area (Å²) in [5.74, 6) is 0. The molecule has 2 aromatic heterocycles. The number of rotatable bonds is 2. The van der Waals surface area contributed by atoms with Crippen molar-refractivity contribution < 1.29 is 8.83 Å². The molecule has 186 valence electrons. The molecule has 0 aliphatic carbocycles. The van der Waals surface area contributed by atoms with Gasteiger partial charge in [-0.25, -0.2) is 0 Å². The zero-order valence-electron chi connectivity index (χ0n) is 21.5. The Morgan fingerprint density at radius 3 is 1.80 bits per heavy atom. The first-order chi connectivity index (χ1) is 19.8. The maximum absolute atomic E-state index is 6.62. The van der Waals surface area contributed by atoms with Crippen LogP contribution in [0.15, 0.2) is 142 Å². The minimum Gasteiger partial charge on any atom is -0.464 e. The van der Waals surface area contributed by atoms with Crippen molar-refractivity contribution >= 4 is 65.2 Å². The van der Waals surface area contributed by atoms with Crippen LogP contribution in [-0.4, -0.2) is 0 Å². The summed E-state index contributed by atoms with van der Waals surface area (Å²) >= 11 is 0. The van der Waals surface area contributed by atoms with Crippen molar-refractivity contribution in [2.75, 3.05) is 0 Å². The van der Waals surface area contributed by atoms with Gasteiger partial charge >= 0.3 is 0 Å². The minimum absolute atomic E-state index is 0.859. The highest BCUT2D eigenvalue weighted by Gasteiger charge is 2.22. The molecule has 9 aromatic rings. The Labute approximate surface area is 229 Å². The van der Waals surface area contributed by atoms with Crippen LogP contribution in [0.4, 0.5) is 0 Å². The molecule has 0 radical (unpaired) electrons. The average molecular weight is 511 g/mol. The number of hydrogen-bond acceptors (Lipinski definition) is 2. The Bertz CT molecular complexity index is 2380. The molecule has 0 N–H and O–H groups in total. The van der Waals surface area contributed by atoms with Crippen molar-refractivity contribution in [2.45, 2.75) is 0 Å². The molecule has 0 unspecified atom stereocenters. The van der Waals surface area contributed by atoms with Gasteiger partial charge in [0, 0.05) is 21.9 Å². The first kappa shape index (κ1) is 21.6. The molecule has 0 fully saturated rings. The van der Waals surface area contributed by atoms with E-state index in [0.29, 0.717) is 0 Å². The van der Waals surface area contributed by atoms with Gasteiger partial charge in [0.25, 0.3) is 0 Å². The molecule has 0 saturated heterocycles. The van der Waals surface area contributed by atoms with E-state index in [9.17, 15) is 0 Å². The summed E-state index contributed by atoms with van der Waals surface area (Å²) < 4.78 is 12.6. The highest BCUT2D eigenvalue weighted by atomic mass is 16.3. The van der Waals surface area contributed by atoms with Gasteiger partial charge < -0.3 is 8.83 Å². The first-order valence-electron chi connectivity index (χ1n) is 13.6. The van der Waals surface area contributed by atoms with Gasteiger partial charge in [0.05, 0.1) is 11.6 Å². The minimum atomic E-state index is 0.859. The fraction of sp³-hybridized carbons (Fsp3) is 0. The lowest BCUT2D eigenvalue weighted by Gasteiger charge is -2.18. The lowest BCUT2D eigenvalue weighted by atomic mass is 9.85. The fourth-order valence-corrected chi connectivity index (χ4v) is 6.58. The van der Waals surface area contributed by atoms with E-state index in [4.69, 9.17) is 8.83 Å². The van der Waals surface area contributed by atoms with Gasteiger partial charge in [0.15, 0.2) is 0 Å². The molecule has 0 saturated carbocycles. The molecule has 0 atom stereocenters. The normalized spacial score (nSPS) is 12.0. The van der Waals surface area contributed by atoms with Gasteiger partial charge in [-0.2, -0.15) is 0 Å². The van der Waals surface area contributed by atoms with E-state index in [1.165, 1.54) is 49.0 Å². The summed E-state index contributed by atoms with van der Waals surface area (Å²) in [4.78, 5) is 0. The molecule has 2 nitrogen and oxygen atoms in total. The van der Waals surface area contributed by atoms with Crippen molar-refractivity contribution in [2.24, 2.45) is 0 Å². The molecule has 40 heavy (non-hydrogen) atoms. The highest BCUT2D eigenvalue weighted by molar-refractivity contribution is 6.27. The van der Waals surface area contributed by atoms with E-state index < -0.39 is 0 Å². The van der Waals surface area contributed by atoms with Crippen LogP contribution in [0.25, 0.3) is 87.5 Å². The molecular weight excluding hydrogens is 488 g/mol. The number of para-hydroxylation sites is 1. The van der Waals surface area contributed by atoms with Crippen molar-refractivity contribution in [3.8, 4) is 22.3 Å². The zero-order valence-corrected chi connectivity index (χ0v) is 21.5. The average Bonchev–Trinajstić information content (AvgIpc) is 3.64. The highest BCUT2D eigenvalue weighted by Crippen LogP contribution is 2.48. The number of benzene rings is 7. The molecular formula is C38H22O2. The van der Waals surface area contributed by atoms with Crippen molar-refractivity contribution in [3.05, 3.63) is 134 Å². The van der Waals surface area contributed by atoms with Crippen LogP contribution in [0.2, 0.25) is 0 Å². The maximum atomic E-state index is 6.62. The zero-order chi connectivity index (χ0) is 26.2. The van der Waals surface area contributed by atoms with Gasteiger partial charge in [0.2, 0.25) is 0 Å². The molecule has 9 rings (SSSR count). The van der Waals surface area contributed by atoms with Crippen molar-refractivity contribution in [3.63, 3.8) is 0 Å². The third-order valence-electron chi connectivity index (χ3n) is 8.30. The predicted octanol–water partition coefficient (Wildman–Crippen LogP) is 11.1. The second kappa shape index (κ2) is 8.08. The van der Waals surface area contributed by atoms with Crippen molar-refractivity contribution in [1.29, 1.82) is 0 Å². The third-order valence-corrected chi connectivity index (χ3v) is 8.30. The molecule has 0 amide bonds. The Hall–Kier alpha value is -5.34. The number of hydrogen-bond donors (Lipinski definition) is 0. The smallest absolute Gasteiger partial charge is 0.147 e. The summed E-state index contributed by atoms with van der Waals surface area (Å²) in [6.45, 7) is 0. The second-order valence-electron chi connectivity index (χ2n) is 10.5. The van der Waals surface area contributed by atoms with Gasteiger partial charge in [-0.05, 0) is 67.7 Å². The molecule has 2 heteroatoms. The van der Waals surface area contributed by atoms with Crippen molar-refractivity contribution in [1.82, 2.24) is 0 Å². The summed E-state index contributed by atoms with van der Waals surface area (Å²) in [7, 11) is 0. The topological polar surface area (TPSA) is 26.3 Å². The molecule has 0 aliphatic heterocycles. The lowest BCUT2D eigenvalue weighted by Crippen LogP contribution is -1.91. The largest absolute Gasteiger partial charge is 0.464 e. The quantitative estimate of drug-likeness (QED) is 0.216. The third kappa shape index (κ3) is 2.93. The first-order valence-corrected chi connectivity index (χ1v) is 13.6. The SMILES string of the molecule is c1ccc2cc(-c3c4ccccc4c(-c4cc5ccoc5c5c4oc4ccccc45)c4ccccc34)ccc2c1. The van der Waals surface area contributed by atoms with Crippen LogP contribution in [0.1, 0.15) is 0 Å². The molecule has 0 aliphatic rings. The van der Waals surface area contributed by atoms with E-state index in [0.717, 1.165) is 38.5 Å². The number of furan rings is 2. The Balaban J connectivity index is 1.47. The van der Waals surface area contributed by atoms with Crippen LogP contribution < -0.4 is 0 Å². The van der Waals surface area contributed by atoms with Crippen LogP contribution in [-0.2, 0) is 0 Å². The molecule has 2 heterocycles. The fourth-order valence-electron chi connectivity index (χ4n) is 6.58. The van der Waals surface area contributed by atoms with E-state index in [1.54, 1.807) is 6.26 Å². The molecule has 0 spiro atoms. The van der Waals surface area contributed by atoms with Gasteiger partial charge in [-0.15, -0.1) is 0 Å². The van der Waals surface area contributed by atoms with Gasteiger partial charge in [0.1, 0.15) is 16.7 Å². The Morgan fingerprint density at radius 2 is 1.05 bits per heavy atom. The standard InChI is InChI=1S/C38H22O2/c1-2-10-24-21-25(18-17-23(24)9-1)34-27-11-3-5-13-29(27)35(30-14-6-4-12-28(30)34)32-22-26-19-20-39-37(26)36-31-15-7-8-16-33(31)40-38(32)36/h1-22H. The summed E-state index contributed by atoms with van der Waals surface area (Å²) in [6.07, 6.45) is 1.77. The summed E-state index contributed by atoms with van der Waals surface area (Å²) in [5, 5.41) is 10.5. The monoisotopic (exact) mass is 510 g/mol. The molecule has 7 aromatic carbocycles. The van der Waals surface area contributed by atoms with Crippen LogP contribution in [0.3, 0.4) is 0 Å².